The fraction of sp³-hybridized carbons (Fsp3) is 0.111. The summed E-state index contributed by atoms with van der Waals surface area (Å²) in [6.45, 7) is 1.48. The van der Waals surface area contributed by atoms with Crippen molar-refractivity contribution in [2.24, 2.45) is 0 Å². The summed E-state index contributed by atoms with van der Waals surface area (Å²) in [6, 6.07) is 4.85. The maximum absolute atomic E-state index is 11.0. The Labute approximate surface area is 74.4 Å². The van der Waals surface area contributed by atoms with Crippen molar-refractivity contribution in [2.45, 2.75) is 6.92 Å². The molecule has 66 valence electrons. The average Bonchev–Trinajstić information content (AvgIpc) is 2.47. The summed E-state index contributed by atoms with van der Waals surface area (Å²) in [4.78, 5) is 14.8. The number of benzene rings is 1. The molecule has 1 heterocycles. The standard InChI is InChI=1S/C9H7N2O2/c1-6(12)7-2-3-9-8(4-7)10-5-11(9)13/h2-5H,1H3/q-1. The summed E-state index contributed by atoms with van der Waals surface area (Å²) in [6.07, 6.45) is 1.19. The molecule has 4 nitrogen and oxygen atoms in total. The zero-order chi connectivity index (χ0) is 9.42. The Bertz CT molecular complexity index is 473. The van der Waals surface area contributed by atoms with Gasteiger partial charge in [0.05, 0.1) is 17.4 Å². The minimum absolute atomic E-state index is 0.0256. The van der Waals surface area contributed by atoms with Crippen molar-refractivity contribution in [3.05, 3.63) is 35.3 Å². The largest absolute Gasteiger partial charge is 0.805 e. The Kier molecular flexibility index (Phi) is 1.55. The number of Topliss-reactive ketones (excluding diaryl/α,β-unsaturated/α-hetero) is 1. The number of carbonyl (C=O) groups is 1. The fourth-order valence-electron chi connectivity index (χ4n) is 1.21. The molecule has 0 radical (unpaired) electrons. The molecule has 0 spiro atoms. The van der Waals surface area contributed by atoms with E-state index in [0.29, 0.717) is 21.3 Å². The second-order valence-electron chi connectivity index (χ2n) is 2.83. The van der Waals surface area contributed by atoms with Gasteiger partial charge in [-0.25, -0.2) is 4.98 Å². The zero-order valence-electron chi connectivity index (χ0n) is 7.02. The lowest BCUT2D eigenvalue weighted by Crippen LogP contribution is -1.91. The molecule has 0 aliphatic carbocycles. The third-order valence-electron chi connectivity index (χ3n) is 1.92. The minimum Gasteiger partial charge on any atom is -0.805 e. The first kappa shape index (κ1) is 7.79. The van der Waals surface area contributed by atoms with Crippen molar-refractivity contribution in [3.63, 3.8) is 0 Å². The second-order valence-corrected chi connectivity index (χ2v) is 2.83. The third kappa shape index (κ3) is 1.16. The van der Waals surface area contributed by atoms with Crippen LogP contribution in [0, 0.1) is 5.21 Å². The number of rotatable bonds is 1. The number of hydrogen-bond donors (Lipinski definition) is 0. The third-order valence-corrected chi connectivity index (χ3v) is 1.92. The Morgan fingerprint density at radius 1 is 1.54 bits per heavy atom. The van der Waals surface area contributed by atoms with Gasteiger partial charge in [0.1, 0.15) is 0 Å². The van der Waals surface area contributed by atoms with E-state index in [9.17, 15) is 10.0 Å². The van der Waals surface area contributed by atoms with Crippen molar-refractivity contribution in [2.75, 3.05) is 0 Å². The quantitative estimate of drug-likeness (QED) is 0.618. The molecule has 2 rings (SSSR count). The predicted molar refractivity (Wildman–Crippen MR) is 48.5 cm³/mol. The summed E-state index contributed by atoms with van der Waals surface area (Å²) in [5.41, 5.74) is 1.62. The van der Waals surface area contributed by atoms with Crippen molar-refractivity contribution in [1.82, 2.24) is 9.71 Å². The molecular formula is C9H7N2O2-. The van der Waals surface area contributed by atoms with Gasteiger partial charge in [0.2, 0.25) is 0 Å². The molecule has 0 bridgehead atoms. The minimum atomic E-state index is -0.0256. The van der Waals surface area contributed by atoms with Crippen LogP contribution in [0.25, 0.3) is 11.0 Å². The number of aromatic nitrogens is 2. The fourth-order valence-corrected chi connectivity index (χ4v) is 1.21. The van der Waals surface area contributed by atoms with E-state index >= 15 is 0 Å². The molecule has 2 aromatic rings. The van der Waals surface area contributed by atoms with E-state index in [-0.39, 0.29) is 5.78 Å². The summed E-state index contributed by atoms with van der Waals surface area (Å²) < 4.78 is 0.680. The van der Waals surface area contributed by atoms with Gasteiger partial charge in [-0.15, -0.1) is 0 Å². The van der Waals surface area contributed by atoms with E-state index in [1.54, 1.807) is 18.2 Å². The van der Waals surface area contributed by atoms with E-state index in [1.165, 1.54) is 13.3 Å². The van der Waals surface area contributed by atoms with Crippen LogP contribution in [-0.2, 0) is 0 Å². The van der Waals surface area contributed by atoms with Crippen molar-refractivity contribution >= 4 is 16.8 Å². The number of nitrogens with zero attached hydrogens (tertiary/aromatic N) is 2. The van der Waals surface area contributed by atoms with Crippen LogP contribution >= 0.6 is 0 Å². The maximum Gasteiger partial charge on any atom is 0.159 e. The van der Waals surface area contributed by atoms with E-state index in [4.69, 9.17) is 0 Å². The molecule has 1 aromatic carbocycles. The first-order valence-corrected chi connectivity index (χ1v) is 3.84. The number of fused-ring (bicyclic) bond motifs is 1. The van der Waals surface area contributed by atoms with Gasteiger partial charge < -0.3 is 9.94 Å². The molecule has 0 unspecified atom stereocenters. The van der Waals surface area contributed by atoms with E-state index in [0.717, 1.165) is 0 Å². The van der Waals surface area contributed by atoms with E-state index < -0.39 is 0 Å². The van der Waals surface area contributed by atoms with Crippen molar-refractivity contribution in [1.29, 1.82) is 0 Å². The van der Waals surface area contributed by atoms with Gasteiger partial charge in [-0.3, -0.25) is 4.79 Å². The average molecular weight is 175 g/mol. The summed E-state index contributed by atoms with van der Waals surface area (Å²) >= 11 is 0. The molecule has 0 saturated carbocycles. The van der Waals surface area contributed by atoms with E-state index in [2.05, 4.69) is 4.98 Å². The van der Waals surface area contributed by atoms with Crippen molar-refractivity contribution in [3.8, 4) is 0 Å². The molecule has 0 N–H and O–H groups in total. The van der Waals surface area contributed by atoms with Crippen LogP contribution in [0.4, 0.5) is 0 Å². The highest BCUT2D eigenvalue weighted by molar-refractivity contribution is 5.97. The molecule has 13 heavy (non-hydrogen) atoms. The maximum atomic E-state index is 11.0. The monoisotopic (exact) mass is 175 g/mol. The first-order valence-electron chi connectivity index (χ1n) is 3.84. The lowest BCUT2D eigenvalue weighted by Gasteiger charge is -2.05. The van der Waals surface area contributed by atoms with Gasteiger partial charge in [-0.2, -0.15) is 0 Å². The van der Waals surface area contributed by atoms with Crippen LogP contribution in [-0.4, -0.2) is 15.5 Å². The van der Waals surface area contributed by atoms with Crippen molar-refractivity contribution < 1.29 is 4.79 Å². The highest BCUT2D eigenvalue weighted by Gasteiger charge is 2.02. The predicted octanol–water partition coefficient (Wildman–Crippen LogP) is 1.58. The molecule has 0 saturated heterocycles. The van der Waals surface area contributed by atoms with Crippen LogP contribution < -0.4 is 0 Å². The molecule has 0 aliphatic heterocycles. The molecule has 4 heteroatoms. The molecule has 0 fully saturated rings. The molecule has 0 amide bonds. The smallest absolute Gasteiger partial charge is 0.159 e. The van der Waals surface area contributed by atoms with Crippen LogP contribution in [0.1, 0.15) is 17.3 Å². The highest BCUT2D eigenvalue weighted by atomic mass is 16.5. The Morgan fingerprint density at radius 3 is 3.00 bits per heavy atom. The number of imidazole rings is 1. The van der Waals surface area contributed by atoms with Gasteiger partial charge in [-0.05, 0) is 25.1 Å². The normalized spacial score (nSPS) is 10.5. The lowest BCUT2D eigenvalue weighted by molar-refractivity contribution is 0.101. The molecule has 0 aliphatic rings. The SMILES string of the molecule is CC(=O)c1ccc2c(c1)ncn2[O-]. The summed E-state index contributed by atoms with van der Waals surface area (Å²) in [5.74, 6) is -0.0256. The lowest BCUT2D eigenvalue weighted by atomic mass is 10.1. The number of carbonyl (C=O) groups excluding carboxylic acids is 1. The number of hydrogen-bond acceptors (Lipinski definition) is 3. The molecule has 0 atom stereocenters. The van der Waals surface area contributed by atoms with Crippen LogP contribution in [0.5, 0.6) is 0 Å². The summed E-state index contributed by atoms with van der Waals surface area (Å²) in [5, 5.41) is 11.0. The number of ketones is 1. The van der Waals surface area contributed by atoms with Gasteiger partial charge in [0, 0.05) is 5.56 Å². The zero-order valence-corrected chi connectivity index (χ0v) is 7.02. The highest BCUT2D eigenvalue weighted by Crippen LogP contribution is 2.14. The topological polar surface area (TPSA) is 58.0 Å². The first-order chi connectivity index (χ1) is 6.18. The van der Waals surface area contributed by atoms with Crippen LogP contribution in [0.15, 0.2) is 24.5 Å². The van der Waals surface area contributed by atoms with Crippen LogP contribution in [0.2, 0.25) is 0 Å². The Balaban J connectivity index is 2.70. The van der Waals surface area contributed by atoms with Gasteiger partial charge in [0.25, 0.3) is 0 Å². The summed E-state index contributed by atoms with van der Waals surface area (Å²) in [7, 11) is 0. The van der Waals surface area contributed by atoms with Gasteiger partial charge in [-0.1, -0.05) is 0 Å². The van der Waals surface area contributed by atoms with Gasteiger partial charge in [0.15, 0.2) is 5.78 Å². The Hall–Kier alpha value is -1.84. The Morgan fingerprint density at radius 2 is 2.31 bits per heavy atom. The molecule has 1 aromatic heterocycles. The van der Waals surface area contributed by atoms with Crippen LogP contribution in [0.3, 0.4) is 0 Å². The van der Waals surface area contributed by atoms with E-state index in [1.807, 2.05) is 0 Å². The second kappa shape index (κ2) is 2.58. The molecular weight excluding hydrogens is 168 g/mol. The van der Waals surface area contributed by atoms with Gasteiger partial charge >= 0.3 is 0 Å².